The molecule has 0 N–H and O–H groups in total. The maximum absolute atomic E-state index is 12.3. The third kappa shape index (κ3) is 4.26. The quantitative estimate of drug-likeness (QED) is 0.837. The number of ether oxygens (including phenoxy) is 1. The molecule has 132 valence electrons. The summed E-state index contributed by atoms with van der Waals surface area (Å²) >= 11 is 0. The minimum Gasteiger partial charge on any atom is -0.494 e. The topological polar surface area (TPSA) is 64.4 Å². The number of piperidine rings is 1. The zero-order valence-electron chi connectivity index (χ0n) is 14.5. The zero-order valence-corrected chi connectivity index (χ0v) is 14.5. The van der Waals surface area contributed by atoms with Gasteiger partial charge in [0.2, 0.25) is 5.91 Å². The summed E-state index contributed by atoms with van der Waals surface area (Å²) in [5.41, 5.74) is 1.22. The number of likely N-dealkylation sites (tertiary alicyclic amines) is 1. The third-order valence-corrected chi connectivity index (χ3v) is 4.35. The number of amides is 1. The molecular weight excluding hydrogens is 318 g/mol. The van der Waals surface area contributed by atoms with Crippen LogP contribution in [-0.4, -0.2) is 40.1 Å². The van der Waals surface area contributed by atoms with E-state index in [0.717, 1.165) is 37.2 Å². The van der Waals surface area contributed by atoms with E-state index in [9.17, 15) is 9.59 Å². The molecule has 2 heterocycles. The first-order valence-electron chi connectivity index (χ1n) is 8.75. The van der Waals surface area contributed by atoms with Crippen LogP contribution in [0.5, 0.6) is 5.75 Å². The molecule has 3 rings (SSSR count). The fraction of sp³-hybridized carbons (Fsp3) is 0.421. The average molecular weight is 341 g/mol. The highest BCUT2D eigenvalue weighted by Crippen LogP contribution is 2.19. The van der Waals surface area contributed by atoms with Crippen LogP contribution in [0.25, 0.3) is 11.3 Å². The van der Waals surface area contributed by atoms with Gasteiger partial charge in [-0.25, -0.2) is 4.98 Å². The van der Waals surface area contributed by atoms with Gasteiger partial charge in [-0.1, -0.05) is 0 Å². The maximum Gasteiger partial charge on any atom is 0.254 e. The normalized spacial score (nSPS) is 14.4. The van der Waals surface area contributed by atoms with Crippen molar-refractivity contribution in [2.24, 2.45) is 0 Å². The molecule has 1 aliphatic heterocycles. The molecule has 0 radical (unpaired) electrons. The summed E-state index contributed by atoms with van der Waals surface area (Å²) in [6, 6.07) is 8.92. The van der Waals surface area contributed by atoms with E-state index in [4.69, 9.17) is 4.74 Å². The van der Waals surface area contributed by atoms with Gasteiger partial charge in [-0.2, -0.15) is 0 Å². The summed E-state index contributed by atoms with van der Waals surface area (Å²) in [6.07, 6.45) is 4.70. The number of hydrogen-bond acceptors (Lipinski definition) is 4. The van der Waals surface area contributed by atoms with Crippen LogP contribution < -0.4 is 10.3 Å². The fourth-order valence-electron chi connectivity index (χ4n) is 2.98. The molecule has 1 aliphatic rings. The summed E-state index contributed by atoms with van der Waals surface area (Å²) in [5, 5.41) is 0. The second-order valence-electron chi connectivity index (χ2n) is 6.14. The van der Waals surface area contributed by atoms with Crippen molar-refractivity contribution >= 4 is 5.91 Å². The van der Waals surface area contributed by atoms with E-state index < -0.39 is 0 Å². The lowest BCUT2D eigenvalue weighted by Gasteiger charge is -2.26. The van der Waals surface area contributed by atoms with E-state index in [1.807, 2.05) is 36.1 Å². The monoisotopic (exact) mass is 341 g/mol. The largest absolute Gasteiger partial charge is 0.494 e. The number of aromatic nitrogens is 2. The van der Waals surface area contributed by atoms with Gasteiger partial charge < -0.3 is 9.64 Å². The molecule has 6 nitrogen and oxygen atoms in total. The Morgan fingerprint density at radius 3 is 2.52 bits per heavy atom. The second kappa shape index (κ2) is 7.96. The first-order chi connectivity index (χ1) is 12.2. The van der Waals surface area contributed by atoms with Crippen molar-refractivity contribution in [2.45, 2.75) is 32.7 Å². The van der Waals surface area contributed by atoms with Crippen molar-refractivity contribution in [1.82, 2.24) is 14.5 Å². The molecule has 1 amide bonds. The highest BCUT2D eigenvalue weighted by molar-refractivity contribution is 5.76. The van der Waals surface area contributed by atoms with Gasteiger partial charge in [0.15, 0.2) is 0 Å². The molecule has 2 aromatic rings. The molecule has 0 saturated carbocycles. The van der Waals surface area contributed by atoms with Crippen LogP contribution in [-0.2, 0) is 11.3 Å². The molecule has 1 saturated heterocycles. The molecule has 0 aliphatic carbocycles. The standard InChI is InChI=1S/C19H23N3O3/c1-2-25-16-8-6-15(7-9-16)17-12-18(23)22(14-20-17)13-19(24)21-10-4-3-5-11-21/h6-9,12,14H,2-5,10-11,13H2,1H3. The van der Waals surface area contributed by atoms with Crippen molar-refractivity contribution in [3.05, 3.63) is 47.0 Å². The number of benzene rings is 1. The van der Waals surface area contributed by atoms with Crippen LogP contribution >= 0.6 is 0 Å². The number of rotatable bonds is 5. The van der Waals surface area contributed by atoms with Crippen LogP contribution in [0.4, 0.5) is 0 Å². The van der Waals surface area contributed by atoms with Gasteiger partial charge in [0.25, 0.3) is 5.56 Å². The number of carbonyl (C=O) groups excluding carboxylic acids is 1. The molecule has 0 unspecified atom stereocenters. The first-order valence-corrected chi connectivity index (χ1v) is 8.75. The Morgan fingerprint density at radius 1 is 1.16 bits per heavy atom. The molecule has 0 bridgehead atoms. The molecule has 25 heavy (non-hydrogen) atoms. The average Bonchev–Trinajstić information content (AvgIpc) is 2.65. The van der Waals surface area contributed by atoms with Crippen LogP contribution in [0.3, 0.4) is 0 Å². The Balaban J connectivity index is 1.72. The molecule has 6 heteroatoms. The summed E-state index contributed by atoms with van der Waals surface area (Å²) in [4.78, 5) is 30.8. The Labute approximate surface area is 147 Å². The molecule has 0 spiro atoms. The van der Waals surface area contributed by atoms with E-state index in [1.165, 1.54) is 23.4 Å². The van der Waals surface area contributed by atoms with Crippen molar-refractivity contribution in [3.63, 3.8) is 0 Å². The number of carbonyl (C=O) groups is 1. The maximum atomic E-state index is 12.3. The van der Waals surface area contributed by atoms with Gasteiger partial charge in [0, 0.05) is 24.7 Å². The van der Waals surface area contributed by atoms with E-state index in [1.54, 1.807) is 0 Å². The Morgan fingerprint density at radius 2 is 1.88 bits per heavy atom. The van der Waals surface area contributed by atoms with Gasteiger partial charge in [0.1, 0.15) is 12.3 Å². The second-order valence-corrected chi connectivity index (χ2v) is 6.14. The predicted octanol–water partition coefficient (Wildman–Crippen LogP) is 2.32. The number of hydrogen-bond donors (Lipinski definition) is 0. The molecular formula is C19H23N3O3. The van der Waals surface area contributed by atoms with Crippen molar-refractivity contribution < 1.29 is 9.53 Å². The van der Waals surface area contributed by atoms with Crippen LogP contribution in [0, 0.1) is 0 Å². The number of nitrogens with zero attached hydrogens (tertiary/aromatic N) is 3. The van der Waals surface area contributed by atoms with Crippen LogP contribution in [0.2, 0.25) is 0 Å². The SMILES string of the molecule is CCOc1ccc(-c2cc(=O)n(CC(=O)N3CCCCC3)cn2)cc1. The smallest absolute Gasteiger partial charge is 0.254 e. The predicted molar refractivity (Wildman–Crippen MR) is 95.5 cm³/mol. The van der Waals surface area contributed by atoms with E-state index >= 15 is 0 Å². The summed E-state index contributed by atoms with van der Waals surface area (Å²) in [7, 11) is 0. The molecule has 0 atom stereocenters. The molecule has 1 aromatic heterocycles. The van der Waals surface area contributed by atoms with Crippen LogP contribution in [0.15, 0.2) is 41.5 Å². The Hall–Kier alpha value is -2.63. The lowest BCUT2D eigenvalue weighted by molar-refractivity contribution is -0.132. The Bertz CT molecular complexity index is 777. The van der Waals surface area contributed by atoms with E-state index in [-0.39, 0.29) is 18.0 Å². The zero-order chi connectivity index (χ0) is 17.6. The molecule has 1 fully saturated rings. The van der Waals surface area contributed by atoms with Crippen molar-refractivity contribution in [1.29, 1.82) is 0 Å². The van der Waals surface area contributed by atoms with Crippen molar-refractivity contribution in [2.75, 3.05) is 19.7 Å². The van der Waals surface area contributed by atoms with Crippen molar-refractivity contribution in [3.8, 4) is 17.0 Å². The van der Waals surface area contributed by atoms with Crippen LogP contribution in [0.1, 0.15) is 26.2 Å². The lowest BCUT2D eigenvalue weighted by atomic mass is 10.1. The van der Waals surface area contributed by atoms with Gasteiger partial charge in [-0.05, 0) is 50.5 Å². The summed E-state index contributed by atoms with van der Waals surface area (Å²) in [6.45, 7) is 4.16. The van der Waals surface area contributed by atoms with E-state index in [2.05, 4.69) is 4.98 Å². The highest BCUT2D eigenvalue weighted by Gasteiger charge is 2.17. The Kier molecular flexibility index (Phi) is 5.48. The minimum absolute atomic E-state index is 0.0163. The lowest BCUT2D eigenvalue weighted by Crippen LogP contribution is -2.39. The fourth-order valence-corrected chi connectivity index (χ4v) is 2.98. The summed E-state index contributed by atoms with van der Waals surface area (Å²) in [5.74, 6) is 0.768. The molecule has 1 aromatic carbocycles. The first kappa shape index (κ1) is 17.2. The van der Waals surface area contributed by atoms with E-state index in [0.29, 0.717) is 12.3 Å². The highest BCUT2D eigenvalue weighted by atomic mass is 16.5. The van der Waals surface area contributed by atoms with Gasteiger partial charge in [-0.15, -0.1) is 0 Å². The van der Waals surface area contributed by atoms with Gasteiger partial charge >= 0.3 is 0 Å². The third-order valence-electron chi connectivity index (χ3n) is 4.35. The minimum atomic E-state index is -0.218. The van der Waals surface area contributed by atoms with Gasteiger partial charge in [-0.3, -0.25) is 14.2 Å². The summed E-state index contributed by atoms with van der Waals surface area (Å²) < 4.78 is 6.78. The van der Waals surface area contributed by atoms with Gasteiger partial charge in [0.05, 0.1) is 18.6 Å².